The Hall–Kier alpha value is 2.31. The topological polar surface area (TPSA) is 270 Å². The van der Waals surface area contributed by atoms with Crippen LogP contribution in [0.15, 0.2) is 0 Å². The van der Waals surface area contributed by atoms with E-state index in [1.165, 1.54) is 0 Å². The van der Waals surface area contributed by atoms with Gasteiger partial charge in [0.05, 0.1) is 7.82 Å². The molecule has 0 rings (SSSR count). The van der Waals surface area contributed by atoms with Gasteiger partial charge in [0.1, 0.15) is 0 Å². The molecule has 1 unspecified atom stereocenters. The monoisotopic (exact) mass is 372 g/mol. The first-order valence-electron chi connectivity index (χ1n) is 2.18. The van der Waals surface area contributed by atoms with Gasteiger partial charge in [0.2, 0.25) is 0 Å². The van der Waals surface area contributed by atoms with Crippen molar-refractivity contribution in [3.8, 4) is 0 Å². The Bertz CT molecular complexity index is 319. The van der Waals surface area contributed by atoms with Gasteiger partial charge in [0.25, 0.3) is 7.82 Å². The van der Waals surface area contributed by atoms with Crippen molar-refractivity contribution in [1.29, 1.82) is 0 Å². The minimum Gasteiger partial charge on any atom is -0.790 e. The maximum atomic E-state index is 9.44. The van der Waals surface area contributed by atoms with Crippen LogP contribution < -0.4 is 44.2 Å². The summed E-state index contributed by atoms with van der Waals surface area (Å²) < 4.78 is 53.0. The van der Waals surface area contributed by atoms with E-state index in [1.54, 1.807) is 0 Å². The van der Waals surface area contributed by atoms with E-state index in [2.05, 4.69) is 4.31 Å². The van der Waals surface area contributed by atoms with Crippen molar-refractivity contribution in [3.05, 3.63) is 0 Å². The fraction of sp³-hybridized carbons (Fsp3) is 0. The quantitative estimate of drug-likeness (QED) is 0.232. The number of rotatable bonds is 2. The molecule has 0 spiro atoms. The molecule has 0 aromatic rings. The third-order valence-corrected chi connectivity index (χ3v) is 1.83. The Kier molecular flexibility index (Phi) is 29.3. The number of phosphoric acid groups is 2. The molecule has 104 valence electrons. The largest absolute Gasteiger partial charge is 2.00 e. The fourth-order valence-corrected chi connectivity index (χ4v) is 1.14. The summed E-state index contributed by atoms with van der Waals surface area (Å²) in [5.74, 6) is 0. The van der Waals surface area contributed by atoms with Crippen molar-refractivity contribution >= 4 is 63.8 Å². The van der Waals surface area contributed by atoms with E-state index in [0.717, 1.165) is 0 Å². The van der Waals surface area contributed by atoms with Crippen LogP contribution in [0.4, 0.5) is 0 Å². The molecule has 7 N–H and O–H groups in total. The first-order chi connectivity index (χ1) is 5.71. The molecule has 18 heavy (non-hydrogen) atoms. The van der Waals surface area contributed by atoms with Crippen LogP contribution in [0.25, 0.3) is 0 Å². The zero-order valence-electron chi connectivity index (χ0n) is 8.62. The summed E-state index contributed by atoms with van der Waals surface area (Å²) in [7, 11) is -15.7. The average molecular weight is 372 g/mol. The minimum absolute atomic E-state index is 0. The van der Waals surface area contributed by atoms with E-state index < -0.39 is 26.0 Å². The molecule has 1 atom stereocenters. The Morgan fingerprint density at radius 3 is 1.17 bits per heavy atom. The molecule has 0 aromatic carbocycles. The standard InChI is InChI=1S/Ca.Na.H4O7P2.H2O4S.2H2O/c;;1-8(2,3)7-9(4,5)6;1-5(2,3)4;;/h;;(H2,1,2,3)(H2,4,5,6);(H2,1,2,3,4);2*1H2/q+2;+1;;;;/p-3. The summed E-state index contributed by atoms with van der Waals surface area (Å²) in [6.45, 7) is 0. The van der Waals surface area contributed by atoms with Crippen LogP contribution in [-0.4, -0.2) is 71.1 Å². The maximum absolute atomic E-state index is 9.44. The summed E-state index contributed by atoms with van der Waals surface area (Å²) in [6.07, 6.45) is 0. The van der Waals surface area contributed by atoms with Gasteiger partial charge in [0.15, 0.2) is 0 Å². The van der Waals surface area contributed by atoms with Crippen LogP contribution in [0.2, 0.25) is 0 Å². The summed E-state index contributed by atoms with van der Waals surface area (Å²) in [5, 5.41) is 0. The van der Waals surface area contributed by atoms with Crippen LogP contribution in [0.1, 0.15) is 0 Å². The summed E-state index contributed by atoms with van der Waals surface area (Å²) in [4.78, 5) is 35.7. The first kappa shape index (κ1) is 37.0. The average Bonchev–Trinajstić information content (AvgIpc) is 1.42. The Balaban J connectivity index is -0.0000000359. The van der Waals surface area contributed by atoms with Crippen molar-refractivity contribution < 1.29 is 91.0 Å². The van der Waals surface area contributed by atoms with Crippen molar-refractivity contribution in [2.45, 2.75) is 0 Å². The van der Waals surface area contributed by atoms with Crippen LogP contribution >= 0.6 is 15.6 Å². The van der Waals surface area contributed by atoms with Gasteiger partial charge in [-0.3, -0.25) is 18.0 Å². The molecule has 0 aliphatic rings. The molecule has 18 heteroatoms. The molecule has 13 nitrogen and oxygen atoms in total. The summed E-state index contributed by atoms with van der Waals surface area (Å²) in [6, 6.07) is 0. The predicted octanol–water partition coefficient (Wildman–Crippen LogP) is -8.39. The minimum atomic E-state index is -5.61. The Labute approximate surface area is 153 Å². The van der Waals surface area contributed by atoms with Crippen LogP contribution in [0.5, 0.6) is 0 Å². The van der Waals surface area contributed by atoms with Crippen LogP contribution in [0, 0.1) is 0 Å². The third-order valence-electron chi connectivity index (χ3n) is 0.203. The fourth-order valence-electron chi connectivity index (χ4n) is 0.126. The van der Waals surface area contributed by atoms with Gasteiger partial charge in [-0.2, -0.15) is 8.42 Å². The normalized spacial score (nSPS) is 12.8. The maximum Gasteiger partial charge on any atom is 2.00 e. The van der Waals surface area contributed by atoms with Gasteiger partial charge in [0, 0.05) is 0 Å². The van der Waals surface area contributed by atoms with Gasteiger partial charge >= 0.3 is 77.7 Å². The van der Waals surface area contributed by atoms with Gasteiger partial charge in [-0.05, 0) is 0 Å². The Morgan fingerprint density at radius 1 is 1.00 bits per heavy atom. The van der Waals surface area contributed by atoms with Gasteiger partial charge in [-0.25, -0.2) is 0 Å². The van der Waals surface area contributed by atoms with E-state index in [4.69, 9.17) is 22.4 Å². The van der Waals surface area contributed by atoms with Crippen molar-refractivity contribution in [1.82, 2.24) is 0 Å². The molecule has 0 aliphatic carbocycles. The van der Waals surface area contributed by atoms with E-state index in [-0.39, 0.29) is 78.2 Å². The van der Waals surface area contributed by atoms with E-state index in [1.807, 2.05) is 0 Å². The molecular formula is H7CaNaO13P2S. The molecule has 0 aliphatic heterocycles. The van der Waals surface area contributed by atoms with E-state index in [9.17, 15) is 23.8 Å². The SMILES string of the molecule is O.O.O=P([O-])([O-])OP(=O)([O-])O.O=S(=O)(O)O.[Ca+2].[Na+]. The second kappa shape index (κ2) is 14.3. The first-order valence-corrected chi connectivity index (χ1v) is 6.53. The molecule has 0 saturated carbocycles. The molecule has 0 aromatic heterocycles. The predicted molar refractivity (Wildman–Crippen MR) is 45.7 cm³/mol. The van der Waals surface area contributed by atoms with Gasteiger partial charge < -0.3 is 35.1 Å². The van der Waals surface area contributed by atoms with Crippen LogP contribution in [-0.2, 0) is 23.8 Å². The second-order valence-electron chi connectivity index (χ2n) is 1.45. The summed E-state index contributed by atoms with van der Waals surface area (Å²) in [5.41, 5.74) is 0. The molecule has 0 fully saturated rings. The molecular weight excluding hydrogens is 365 g/mol. The number of hydrogen-bond acceptors (Lipinski definition) is 8. The van der Waals surface area contributed by atoms with Crippen molar-refractivity contribution in [2.75, 3.05) is 0 Å². The van der Waals surface area contributed by atoms with Crippen molar-refractivity contribution in [3.63, 3.8) is 0 Å². The van der Waals surface area contributed by atoms with E-state index >= 15 is 0 Å². The third kappa shape index (κ3) is 79.4. The zero-order valence-corrected chi connectivity index (χ0v) is 15.4. The van der Waals surface area contributed by atoms with Gasteiger partial charge in [-0.1, -0.05) is 0 Å². The van der Waals surface area contributed by atoms with E-state index in [0.29, 0.717) is 0 Å². The molecule has 0 bridgehead atoms. The molecule has 0 saturated heterocycles. The summed E-state index contributed by atoms with van der Waals surface area (Å²) >= 11 is 0. The smallest absolute Gasteiger partial charge is 0.790 e. The molecule has 0 radical (unpaired) electrons. The van der Waals surface area contributed by atoms with Crippen LogP contribution in [0.3, 0.4) is 0 Å². The Morgan fingerprint density at radius 2 is 1.17 bits per heavy atom. The zero-order chi connectivity index (χ0) is 12.2. The molecule has 0 amide bonds. The van der Waals surface area contributed by atoms with Gasteiger partial charge in [-0.15, -0.1) is 0 Å². The van der Waals surface area contributed by atoms with Crippen molar-refractivity contribution in [2.24, 2.45) is 0 Å². The number of hydrogen-bond donors (Lipinski definition) is 3. The second-order valence-corrected chi connectivity index (χ2v) is 4.83. The molecule has 0 heterocycles.